The minimum Gasteiger partial charge on any atom is -0.449 e. The van der Waals surface area contributed by atoms with Crippen LogP contribution in [0.15, 0.2) is 0 Å². The molecule has 6 heteroatoms. The fourth-order valence-corrected chi connectivity index (χ4v) is 0.573. The van der Waals surface area contributed by atoms with Gasteiger partial charge in [0.2, 0.25) is 0 Å². The van der Waals surface area contributed by atoms with Crippen LogP contribution < -0.4 is 10.9 Å². The van der Waals surface area contributed by atoms with Crippen LogP contribution in [0.3, 0.4) is 0 Å². The fourth-order valence-electron chi connectivity index (χ4n) is 0.573. The Bertz CT molecular complexity index is 210. The van der Waals surface area contributed by atoms with E-state index in [0.717, 1.165) is 0 Å². The molecule has 0 bridgehead atoms. The smallest absolute Gasteiger partial charge is 0.426 e. The molecule has 0 fully saturated rings. The third-order valence-electron chi connectivity index (χ3n) is 0.941. The van der Waals surface area contributed by atoms with Gasteiger partial charge in [0.1, 0.15) is 5.60 Å². The van der Waals surface area contributed by atoms with Crippen LogP contribution in [0, 0.1) is 0 Å². The Labute approximate surface area is 82.9 Å². The maximum atomic E-state index is 11.0. The number of ether oxygens (including phenoxy) is 2. The van der Waals surface area contributed by atoms with E-state index in [9.17, 15) is 9.59 Å². The van der Waals surface area contributed by atoms with Crippen molar-refractivity contribution in [3.63, 3.8) is 0 Å². The van der Waals surface area contributed by atoms with E-state index in [2.05, 4.69) is 4.74 Å². The van der Waals surface area contributed by atoms with Crippen molar-refractivity contribution in [1.29, 1.82) is 0 Å². The lowest BCUT2D eigenvalue weighted by Gasteiger charge is -2.19. The maximum Gasteiger partial charge on any atom is 0.426 e. The monoisotopic (exact) mass is 204 g/mol. The molecule has 0 aliphatic rings. The molecule has 0 aromatic carbocycles. The molecule has 82 valence electrons. The molecule has 2 amide bonds. The maximum absolute atomic E-state index is 11.0. The second-order valence-corrected chi connectivity index (χ2v) is 3.47. The number of rotatable bonds is 1. The molecular weight excluding hydrogens is 188 g/mol. The standard InChI is InChI=1S/C8H16N2O4/c1-5-13-6(11)9-10-7(12)14-8(2,3)4/h5H2,1-4H3,(H,9,11)(H,10,12). The Morgan fingerprint density at radius 2 is 1.64 bits per heavy atom. The van der Waals surface area contributed by atoms with Crippen molar-refractivity contribution in [3.8, 4) is 0 Å². The van der Waals surface area contributed by atoms with Gasteiger partial charge in [-0.15, -0.1) is 0 Å². The Kier molecular flexibility index (Phi) is 4.76. The van der Waals surface area contributed by atoms with Crippen LogP contribution in [0.1, 0.15) is 27.7 Å². The SMILES string of the molecule is CCOC(=O)NNC(=O)OC(C)(C)C. The third kappa shape index (κ3) is 7.20. The van der Waals surface area contributed by atoms with Crippen LogP contribution in [0.2, 0.25) is 0 Å². The van der Waals surface area contributed by atoms with Crippen LogP contribution in [0.25, 0.3) is 0 Å². The van der Waals surface area contributed by atoms with E-state index in [-0.39, 0.29) is 6.61 Å². The minimum atomic E-state index is -0.731. The highest BCUT2D eigenvalue weighted by atomic mass is 16.6. The number of nitrogens with one attached hydrogen (secondary N) is 2. The molecule has 0 spiro atoms. The molecule has 0 aliphatic carbocycles. The molecule has 0 aliphatic heterocycles. The van der Waals surface area contributed by atoms with E-state index >= 15 is 0 Å². The van der Waals surface area contributed by atoms with Crippen molar-refractivity contribution in [2.24, 2.45) is 0 Å². The van der Waals surface area contributed by atoms with E-state index in [4.69, 9.17) is 4.74 Å². The molecule has 6 nitrogen and oxygen atoms in total. The molecule has 0 rings (SSSR count). The molecule has 0 saturated carbocycles. The van der Waals surface area contributed by atoms with Crippen molar-refractivity contribution in [2.45, 2.75) is 33.3 Å². The molecule has 0 radical (unpaired) electrons. The summed E-state index contributed by atoms with van der Waals surface area (Å²) in [6.45, 7) is 7.06. The summed E-state index contributed by atoms with van der Waals surface area (Å²) in [5, 5.41) is 0. The molecule has 0 aromatic rings. The first-order valence-corrected chi connectivity index (χ1v) is 4.27. The Hall–Kier alpha value is -1.46. The van der Waals surface area contributed by atoms with E-state index in [1.807, 2.05) is 10.9 Å². The van der Waals surface area contributed by atoms with Gasteiger partial charge in [-0.1, -0.05) is 0 Å². The molecule has 0 atom stereocenters. The van der Waals surface area contributed by atoms with Gasteiger partial charge >= 0.3 is 12.2 Å². The highest BCUT2D eigenvalue weighted by Crippen LogP contribution is 2.05. The van der Waals surface area contributed by atoms with Crippen molar-refractivity contribution in [3.05, 3.63) is 0 Å². The zero-order valence-corrected chi connectivity index (χ0v) is 8.84. The average molecular weight is 204 g/mol. The van der Waals surface area contributed by atoms with Crippen molar-refractivity contribution in [1.82, 2.24) is 10.9 Å². The zero-order chi connectivity index (χ0) is 11.2. The lowest BCUT2D eigenvalue weighted by molar-refractivity contribution is 0.0487. The second-order valence-electron chi connectivity index (χ2n) is 3.47. The molecule has 0 heterocycles. The van der Waals surface area contributed by atoms with Gasteiger partial charge in [-0.25, -0.2) is 20.4 Å². The average Bonchev–Trinajstić information content (AvgIpc) is 1.98. The molecule has 0 aromatic heterocycles. The zero-order valence-electron chi connectivity index (χ0n) is 8.84. The summed E-state index contributed by atoms with van der Waals surface area (Å²) in [6, 6.07) is 0. The van der Waals surface area contributed by atoms with Gasteiger partial charge in [-0.2, -0.15) is 0 Å². The van der Waals surface area contributed by atoms with Crippen molar-refractivity contribution in [2.75, 3.05) is 6.61 Å². The number of hydrogen-bond acceptors (Lipinski definition) is 4. The molecule has 2 N–H and O–H groups in total. The summed E-state index contributed by atoms with van der Waals surface area (Å²) in [5.74, 6) is 0. The van der Waals surface area contributed by atoms with Crippen LogP contribution in [0.4, 0.5) is 9.59 Å². The molecular formula is C8H16N2O4. The van der Waals surface area contributed by atoms with Gasteiger partial charge in [0.15, 0.2) is 0 Å². The number of amides is 2. The quantitative estimate of drug-likeness (QED) is 0.628. The number of hydrazine groups is 1. The molecule has 0 saturated heterocycles. The Morgan fingerprint density at radius 3 is 2.07 bits per heavy atom. The third-order valence-corrected chi connectivity index (χ3v) is 0.941. The summed E-state index contributed by atoms with van der Waals surface area (Å²) in [4.78, 5) is 21.7. The lowest BCUT2D eigenvalue weighted by Crippen LogP contribution is -2.44. The predicted octanol–water partition coefficient (Wildman–Crippen LogP) is 1.17. The molecule has 0 unspecified atom stereocenters. The number of carbonyl (C=O) groups excluding carboxylic acids is 2. The van der Waals surface area contributed by atoms with E-state index < -0.39 is 17.8 Å². The topological polar surface area (TPSA) is 76.7 Å². The second kappa shape index (κ2) is 5.31. The first kappa shape index (κ1) is 12.5. The van der Waals surface area contributed by atoms with Gasteiger partial charge in [-0.05, 0) is 27.7 Å². The predicted molar refractivity (Wildman–Crippen MR) is 49.5 cm³/mol. The van der Waals surface area contributed by atoms with Crippen molar-refractivity contribution < 1.29 is 19.1 Å². The number of carbonyl (C=O) groups is 2. The Balaban J connectivity index is 3.70. The summed E-state index contributed by atoms with van der Waals surface area (Å²) >= 11 is 0. The van der Waals surface area contributed by atoms with Crippen LogP contribution in [-0.4, -0.2) is 24.4 Å². The normalized spacial score (nSPS) is 10.3. The fraction of sp³-hybridized carbons (Fsp3) is 0.750. The van der Waals surface area contributed by atoms with Gasteiger partial charge in [0.25, 0.3) is 0 Å². The minimum absolute atomic E-state index is 0.238. The summed E-state index contributed by atoms with van der Waals surface area (Å²) in [7, 11) is 0. The van der Waals surface area contributed by atoms with Crippen LogP contribution in [-0.2, 0) is 9.47 Å². The summed E-state index contributed by atoms with van der Waals surface area (Å²) in [5.41, 5.74) is 3.46. The summed E-state index contributed by atoms with van der Waals surface area (Å²) in [6.07, 6.45) is -1.45. The highest BCUT2D eigenvalue weighted by molar-refractivity contribution is 5.73. The van der Waals surface area contributed by atoms with E-state index in [0.29, 0.717) is 0 Å². The largest absolute Gasteiger partial charge is 0.449 e. The van der Waals surface area contributed by atoms with Crippen LogP contribution >= 0.6 is 0 Å². The van der Waals surface area contributed by atoms with E-state index in [1.165, 1.54) is 0 Å². The van der Waals surface area contributed by atoms with Gasteiger partial charge < -0.3 is 9.47 Å². The summed E-state index contributed by atoms with van der Waals surface area (Å²) < 4.78 is 9.35. The Morgan fingerprint density at radius 1 is 1.14 bits per heavy atom. The van der Waals surface area contributed by atoms with Crippen molar-refractivity contribution >= 4 is 12.2 Å². The van der Waals surface area contributed by atoms with Crippen LogP contribution in [0.5, 0.6) is 0 Å². The molecule has 14 heavy (non-hydrogen) atoms. The first-order chi connectivity index (χ1) is 6.35. The van der Waals surface area contributed by atoms with Gasteiger partial charge in [-0.3, -0.25) is 0 Å². The number of hydrogen-bond donors (Lipinski definition) is 2. The lowest BCUT2D eigenvalue weighted by atomic mass is 10.2. The highest BCUT2D eigenvalue weighted by Gasteiger charge is 2.16. The van der Waals surface area contributed by atoms with Gasteiger partial charge in [0, 0.05) is 0 Å². The van der Waals surface area contributed by atoms with Gasteiger partial charge in [0.05, 0.1) is 6.61 Å². The first-order valence-electron chi connectivity index (χ1n) is 4.27. The van der Waals surface area contributed by atoms with E-state index in [1.54, 1.807) is 27.7 Å².